The van der Waals surface area contributed by atoms with Crippen LogP contribution in [-0.4, -0.2) is 9.55 Å². The van der Waals surface area contributed by atoms with Crippen molar-refractivity contribution in [3.63, 3.8) is 0 Å². The average molecular weight is 279 g/mol. The van der Waals surface area contributed by atoms with Gasteiger partial charge in [0, 0.05) is 19.5 Å². The summed E-state index contributed by atoms with van der Waals surface area (Å²) in [7, 11) is 2.08. The zero-order chi connectivity index (χ0) is 14.8. The van der Waals surface area contributed by atoms with Gasteiger partial charge in [0.05, 0.1) is 11.0 Å². The smallest absolute Gasteiger partial charge is 0.114 e. The van der Waals surface area contributed by atoms with Gasteiger partial charge in [0.1, 0.15) is 5.82 Å². The van der Waals surface area contributed by atoms with Gasteiger partial charge in [-0.1, -0.05) is 43.3 Å². The first kappa shape index (κ1) is 13.8. The Morgan fingerprint density at radius 3 is 2.48 bits per heavy atom. The number of hydrogen-bond acceptors (Lipinski definition) is 2. The summed E-state index contributed by atoms with van der Waals surface area (Å²) in [6.45, 7) is 2.11. The van der Waals surface area contributed by atoms with Crippen LogP contribution in [0.3, 0.4) is 0 Å². The Balaban J connectivity index is 1.86. The van der Waals surface area contributed by atoms with E-state index < -0.39 is 0 Å². The van der Waals surface area contributed by atoms with Crippen molar-refractivity contribution in [2.75, 3.05) is 0 Å². The Morgan fingerprint density at radius 2 is 1.81 bits per heavy atom. The Bertz CT molecular complexity index is 741. The zero-order valence-corrected chi connectivity index (χ0v) is 12.6. The topological polar surface area (TPSA) is 43.8 Å². The molecule has 0 saturated carbocycles. The molecule has 0 aliphatic heterocycles. The minimum absolute atomic E-state index is 0.134. The summed E-state index contributed by atoms with van der Waals surface area (Å²) in [6, 6.07) is 17.0. The Labute approximate surface area is 125 Å². The van der Waals surface area contributed by atoms with Crippen molar-refractivity contribution in [3.05, 3.63) is 65.5 Å². The third-order valence-corrected chi connectivity index (χ3v) is 4.09. The number of nitrogens with zero attached hydrogens (tertiary/aromatic N) is 2. The van der Waals surface area contributed by atoms with Crippen molar-refractivity contribution in [1.29, 1.82) is 0 Å². The van der Waals surface area contributed by atoms with E-state index in [1.165, 1.54) is 16.6 Å². The molecule has 3 heteroatoms. The van der Waals surface area contributed by atoms with Crippen LogP contribution >= 0.6 is 0 Å². The number of aryl methyl sites for hydroxylation is 1. The van der Waals surface area contributed by atoms with Crippen LogP contribution in [0.4, 0.5) is 0 Å². The number of para-hydroxylation sites is 2. The van der Waals surface area contributed by atoms with Gasteiger partial charge in [0.2, 0.25) is 0 Å². The monoisotopic (exact) mass is 279 g/mol. The highest BCUT2D eigenvalue weighted by Crippen LogP contribution is 2.19. The molecule has 0 bridgehead atoms. The van der Waals surface area contributed by atoms with Crippen LogP contribution in [-0.2, 0) is 13.5 Å². The fourth-order valence-electron chi connectivity index (χ4n) is 2.65. The number of nitrogens with two attached hydrogens (primary N) is 1. The molecule has 0 saturated heterocycles. The number of aromatic nitrogens is 2. The number of rotatable bonds is 4. The highest BCUT2D eigenvalue weighted by atomic mass is 15.1. The number of benzene rings is 2. The molecule has 3 rings (SSSR count). The molecule has 1 unspecified atom stereocenters. The molecule has 0 fully saturated rings. The molecule has 1 aromatic heterocycles. The van der Waals surface area contributed by atoms with Gasteiger partial charge < -0.3 is 10.3 Å². The fourth-order valence-corrected chi connectivity index (χ4v) is 2.65. The molecular weight excluding hydrogens is 258 g/mol. The first-order valence-corrected chi connectivity index (χ1v) is 7.43. The summed E-state index contributed by atoms with van der Waals surface area (Å²) in [5.74, 6) is 1.09. The van der Waals surface area contributed by atoms with Crippen LogP contribution < -0.4 is 5.73 Å². The summed E-state index contributed by atoms with van der Waals surface area (Å²) in [4.78, 5) is 4.72. The van der Waals surface area contributed by atoms with E-state index in [1.807, 2.05) is 6.07 Å². The van der Waals surface area contributed by atoms with Crippen LogP contribution in [0.2, 0.25) is 0 Å². The van der Waals surface area contributed by atoms with E-state index in [4.69, 9.17) is 10.7 Å². The van der Waals surface area contributed by atoms with E-state index in [2.05, 4.69) is 61.0 Å². The summed E-state index contributed by atoms with van der Waals surface area (Å²) < 4.78 is 2.17. The molecule has 2 N–H and O–H groups in total. The van der Waals surface area contributed by atoms with E-state index in [9.17, 15) is 0 Å². The van der Waals surface area contributed by atoms with Gasteiger partial charge in [0.15, 0.2) is 0 Å². The molecule has 108 valence electrons. The minimum atomic E-state index is 0.134. The standard InChI is InChI=1S/C18H21N3/c1-3-15(19)14-10-8-13(9-11-14)12-18-20-16-6-4-5-7-17(16)21(18)2/h4-11,15H,3,12,19H2,1-2H3. The lowest BCUT2D eigenvalue weighted by molar-refractivity contribution is 0.698. The highest BCUT2D eigenvalue weighted by molar-refractivity contribution is 5.75. The van der Waals surface area contributed by atoms with Crippen molar-refractivity contribution >= 4 is 11.0 Å². The first-order chi connectivity index (χ1) is 10.2. The molecule has 21 heavy (non-hydrogen) atoms. The third-order valence-electron chi connectivity index (χ3n) is 4.09. The summed E-state index contributed by atoms with van der Waals surface area (Å²) in [5.41, 5.74) is 10.8. The maximum atomic E-state index is 6.06. The number of hydrogen-bond donors (Lipinski definition) is 1. The van der Waals surface area contributed by atoms with Crippen molar-refractivity contribution < 1.29 is 0 Å². The summed E-state index contributed by atoms with van der Waals surface area (Å²) in [5, 5.41) is 0. The van der Waals surface area contributed by atoms with Crippen LogP contribution in [0.5, 0.6) is 0 Å². The van der Waals surface area contributed by atoms with Crippen molar-refractivity contribution in [2.45, 2.75) is 25.8 Å². The summed E-state index contributed by atoms with van der Waals surface area (Å²) >= 11 is 0. The predicted molar refractivity (Wildman–Crippen MR) is 87.2 cm³/mol. The number of imidazole rings is 1. The second-order valence-corrected chi connectivity index (χ2v) is 5.51. The Kier molecular flexibility index (Phi) is 3.76. The molecular formula is C18H21N3. The lowest BCUT2D eigenvalue weighted by atomic mass is 10.0. The van der Waals surface area contributed by atoms with Crippen molar-refractivity contribution in [2.24, 2.45) is 12.8 Å². The largest absolute Gasteiger partial charge is 0.331 e. The molecule has 0 amide bonds. The van der Waals surface area contributed by atoms with Gasteiger partial charge in [0.25, 0.3) is 0 Å². The molecule has 2 aromatic carbocycles. The molecule has 0 aliphatic carbocycles. The van der Waals surface area contributed by atoms with E-state index in [0.29, 0.717) is 0 Å². The van der Waals surface area contributed by atoms with Gasteiger partial charge in [-0.3, -0.25) is 0 Å². The first-order valence-electron chi connectivity index (χ1n) is 7.43. The van der Waals surface area contributed by atoms with Crippen LogP contribution in [0.1, 0.15) is 36.3 Å². The molecule has 0 spiro atoms. The van der Waals surface area contributed by atoms with Gasteiger partial charge in [-0.2, -0.15) is 0 Å². The predicted octanol–water partition coefficient (Wildman–Crippen LogP) is 3.57. The SMILES string of the molecule is CCC(N)c1ccc(Cc2nc3ccccc3n2C)cc1. The van der Waals surface area contributed by atoms with E-state index in [0.717, 1.165) is 24.2 Å². The quantitative estimate of drug-likeness (QED) is 0.793. The van der Waals surface area contributed by atoms with E-state index in [1.54, 1.807) is 0 Å². The normalized spacial score (nSPS) is 12.7. The highest BCUT2D eigenvalue weighted by Gasteiger charge is 2.08. The molecule has 0 radical (unpaired) electrons. The maximum Gasteiger partial charge on any atom is 0.114 e. The molecule has 1 heterocycles. The van der Waals surface area contributed by atoms with E-state index in [-0.39, 0.29) is 6.04 Å². The third kappa shape index (κ3) is 2.69. The average Bonchev–Trinajstić information content (AvgIpc) is 2.84. The lowest BCUT2D eigenvalue weighted by Crippen LogP contribution is -2.08. The second-order valence-electron chi connectivity index (χ2n) is 5.51. The van der Waals surface area contributed by atoms with Gasteiger partial charge in [-0.25, -0.2) is 4.98 Å². The van der Waals surface area contributed by atoms with Crippen LogP contribution in [0.15, 0.2) is 48.5 Å². The fraction of sp³-hybridized carbons (Fsp3) is 0.278. The maximum absolute atomic E-state index is 6.06. The molecule has 0 aliphatic rings. The van der Waals surface area contributed by atoms with E-state index >= 15 is 0 Å². The Morgan fingerprint density at radius 1 is 1.10 bits per heavy atom. The summed E-state index contributed by atoms with van der Waals surface area (Å²) in [6.07, 6.45) is 1.80. The number of fused-ring (bicyclic) bond motifs is 1. The van der Waals surface area contributed by atoms with Crippen LogP contribution in [0.25, 0.3) is 11.0 Å². The van der Waals surface area contributed by atoms with Crippen molar-refractivity contribution in [1.82, 2.24) is 9.55 Å². The van der Waals surface area contributed by atoms with Crippen LogP contribution in [0, 0.1) is 0 Å². The molecule has 3 aromatic rings. The van der Waals surface area contributed by atoms with Gasteiger partial charge in [-0.15, -0.1) is 0 Å². The Hall–Kier alpha value is -2.13. The zero-order valence-electron chi connectivity index (χ0n) is 12.6. The lowest BCUT2D eigenvalue weighted by Gasteiger charge is -2.10. The second kappa shape index (κ2) is 5.70. The molecule has 3 nitrogen and oxygen atoms in total. The minimum Gasteiger partial charge on any atom is -0.331 e. The van der Waals surface area contributed by atoms with Crippen molar-refractivity contribution in [3.8, 4) is 0 Å². The van der Waals surface area contributed by atoms with Gasteiger partial charge >= 0.3 is 0 Å². The molecule has 1 atom stereocenters. The van der Waals surface area contributed by atoms with Gasteiger partial charge in [-0.05, 0) is 29.7 Å².